The molecule has 1 atom stereocenters. The molecule has 0 aromatic heterocycles. The molecule has 7 heteroatoms. The van der Waals surface area contributed by atoms with Gasteiger partial charge in [0.15, 0.2) is 5.84 Å². The molecule has 0 aliphatic carbocycles. The fourth-order valence-corrected chi connectivity index (χ4v) is 0.902. The van der Waals surface area contributed by atoms with E-state index in [1.807, 2.05) is 0 Å². The second-order valence-electron chi connectivity index (χ2n) is 3.25. The fourth-order valence-electron chi connectivity index (χ4n) is 0.902. The van der Waals surface area contributed by atoms with Crippen LogP contribution in [0.3, 0.4) is 0 Å². The van der Waals surface area contributed by atoms with Crippen LogP contribution >= 0.6 is 0 Å². The molecule has 3 N–H and O–H groups in total. The molecule has 0 bridgehead atoms. The molecule has 0 spiro atoms. The Balaban J connectivity index is 3.98. The Hall–Kier alpha value is -1.34. The van der Waals surface area contributed by atoms with Gasteiger partial charge in [0.2, 0.25) is 5.91 Å². The van der Waals surface area contributed by atoms with Crippen LogP contribution in [0.2, 0.25) is 0 Å². The van der Waals surface area contributed by atoms with Crippen molar-refractivity contribution in [1.29, 1.82) is 0 Å². The predicted molar refractivity (Wildman–Crippen MR) is 58.3 cm³/mol. The van der Waals surface area contributed by atoms with Crippen molar-refractivity contribution >= 4 is 11.7 Å². The van der Waals surface area contributed by atoms with Crippen LogP contribution < -0.4 is 5.73 Å². The van der Waals surface area contributed by atoms with E-state index in [0.29, 0.717) is 13.2 Å². The van der Waals surface area contributed by atoms with Gasteiger partial charge in [-0.3, -0.25) is 4.79 Å². The van der Waals surface area contributed by atoms with Gasteiger partial charge in [0, 0.05) is 14.2 Å². The summed E-state index contributed by atoms with van der Waals surface area (Å²) in [6, 6.07) is -0.469. The molecule has 1 amide bonds. The Labute approximate surface area is 94.8 Å². The molecular formula is C9H19N3O4. The maximum atomic E-state index is 11.5. The normalized spacial score (nSPS) is 13.6. The SMILES string of the molecule is COCCOCC(=O)N(C)C(C)C(N)=NO. The van der Waals surface area contributed by atoms with Gasteiger partial charge in [-0.05, 0) is 6.92 Å². The summed E-state index contributed by atoms with van der Waals surface area (Å²) in [5.41, 5.74) is 5.38. The number of amidine groups is 1. The molecule has 0 fully saturated rings. The summed E-state index contributed by atoms with van der Waals surface area (Å²) < 4.78 is 9.83. The first-order valence-corrected chi connectivity index (χ1v) is 4.84. The van der Waals surface area contributed by atoms with E-state index in [4.69, 9.17) is 20.4 Å². The average Bonchev–Trinajstić information content (AvgIpc) is 2.31. The number of carbonyl (C=O) groups is 1. The van der Waals surface area contributed by atoms with Crippen molar-refractivity contribution in [2.75, 3.05) is 34.0 Å². The number of likely N-dealkylation sites (N-methyl/N-ethyl adjacent to an activating group) is 1. The maximum absolute atomic E-state index is 11.5. The molecule has 0 heterocycles. The first-order valence-electron chi connectivity index (χ1n) is 4.84. The van der Waals surface area contributed by atoms with E-state index in [9.17, 15) is 4.79 Å². The molecule has 0 aliphatic rings. The van der Waals surface area contributed by atoms with Crippen LogP contribution in [-0.4, -0.2) is 61.9 Å². The summed E-state index contributed by atoms with van der Waals surface area (Å²) in [5.74, 6) is -0.261. The van der Waals surface area contributed by atoms with E-state index in [0.717, 1.165) is 0 Å². The van der Waals surface area contributed by atoms with Gasteiger partial charge in [-0.25, -0.2) is 0 Å². The summed E-state index contributed by atoms with van der Waals surface area (Å²) in [6.07, 6.45) is 0. The van der Waals surface area contributed by atoms with Crippen LogP contribution in [0.25, 0.3) is 0 Å². The van der Waals surface area contributed by atoms with Crippen LogP contribution in [-0.2, 0) is 14.3 Å². The van der Waals surface area contributed by atoms with Crippen molar-refractivity contribution in [2.24, 2.45) is 10.9 Å². The van der Waals surface area contributed by atoms with Crippen LogP contribution in [0.4, 0.5) is 0 Å². The molecular weight excluding hydrogens is 214 g/mol. The van der Waals surface area contributed by atoms with E-state index in [-0.39, 0.29) is 18.3 Å². The lowest BCUT2D eigenvalue weighted by molar-refractivity contribution is -0.135. The minimum Gasteiger partial charge on any atom is -0.409 e. The number of hydrogen-bond donors (Lipinski definition) is 2. The van der Waals surface area contributed by atoms with Gasteiger partial charge in [0.05, 0.1) is 19.3 Å². The predicted octanol–water partition coefficient (Wildman–Crippen LogP) is -0.757. The monoisotopic (exact) mass is 233 g/mol. The Morgan fingerprint density at radius 3 is 2.69 bits per heavy atom. The Bertz CT molecular complexity index is 245. The van der Waals surface area contributed by atoms with Gasteiger partial charge in [-0.1, -0.05) is 5.16 Å². The third-order valence-electron chi connectivity index (χ3n) is 2.18. The molecule has 0 aromatic carbocycles. The first-order chi connectivity index (χ1) is 7.54. The van der Waals surface area contributed by atoms with Gasteiger partial charge in [0.1, 0.15) is 6.61 Å². The summed E-state index contributed by atoms with van der Waals surface area (Å²) >= 11 is 0. The minimum atomic E-state index is -0.469. The zero-order valence-electron chi connectivity index (χ0n) is 9.84. The van der Waals surface area contributed by atoms with Crippen molar-refractivity contribution in [2.45, 2.75) is 13.0 Å². The Kier molecular flexibility index (Phi) is 7.23. The maximum Gasteiger partial charge on any atom is 0.248 e. The number of carbonyl (C=O) groups excluding carboxylic acids is 1. The Morgan fingerprint density at radius 2 is 2.19 bits per heavy atom. The van der Waals surface area contributed by atoms with Crippen molar-refractivity contribution in [3.63, 3.8) is 0 Å². The van der Waals surface area contributed by atoms with Gasteiger partial charge in [-0.15, -0.1) is 0 Å². The summed E-state index contributed by atoms with van der Waals surface area (Å²) in [6.45, 7) is 2.39. The van der Waals surface area contributed by atoms with E-state index in [1.54, 1.807) is 21.1 Å². The van der Waals surface area contributed by atoms with Crippen LogP contribution in [0.1, 0.15) is 6.92 Å². The standard InChI is InChI=1S/C9H19N3O4/c1-7(9(10)11-14)12(2)8(13)6-16-5-4-15-3/h7,14H,4-6H2,1-3H3,(H2,10,11). The number of hydrogen-bond acceptors (Lipinski definition) is 5. The van der Waals surface area contributed by atoms with E-state index in [2.05, 4.69) is 5.16 Å². The number of ether oxygens (including phenoxy) is 2. The largest absolute Gasteiger partial charge is 0.409 e. The number of nitrogens with two attached hydrogens (primary N) is 1. The highest BCUT2D eigenvalue weighted by Gasteiger charge is 2.18. The van der Waals surface area contributed by atoms with Gasteiger partial charge < -0.3 is 25.3 Å². The van der Waals surface area contributed by atoms with Crippen LogP contribution in [0.5, 0.6) is 0 Å². The topological polar surface area (TPSA) is 97.4 Å². The molecule has 0 rings (SSSR count). The highest BCUT2D eigenvalue weighted by molar-refractivity contribution is 5.89. The number of methoxy groups -OCH3 is 1. The molecule has 0 aliphatic heterocycles. The quantitative estimate of drug-likeness (QED) is 0.198. The van der Waals surface area contributed by atoms with Crippen molar-refractivity contribution in [1.82, 2.24) is 4.90 Å². The lowest BCUT2D eigenvalue weighted by Gasteiger charge is -2.23. The number of rotatable bonds is 7. The summed E-state index contributed by atoms with van der Waals surface area (Å²) in [5, 5.41) is 11.3. The highest BCUT2D eigenvalue weighted by Crippen LogP contribution is 1.97. The number of nitrogens with zero attached hydrogens (tertiary/aromatic N) is 2. The molecule has 16 heavy (non-hydrogen) atoms. The lowest BCUT2D eigenvalue weighted by Crippen LogP contribution is -2.45. The first kappa shape index (κ1) is 14.7. The molecule has 1 unspecified atom stereocenters. The van der Waals surface area contributed by atoms with Gasteiger partial charge in [-0.2, -0.15) is 0 Å². The van der Waals surface area contributed by atoms with Gasteiger partial charge >= 0.3 is 0 Å². The zero-order valence-corrected chi connectivity index (χ0v) is 9.84. The second kappa shape index (κ2) is 7.89. The second-order valence-corrected chi connectivity index (χ2v) is 3.25. The summed E-state index contributed by atoms with van der Waals surface area (Å²) in [4.78, 5) is 12.9. The van der Waals surface area contributed by atoms with Crippen molar-refractivity contribution in [3.05, 3.63) is 0 Å². The van der Waals surface area contributed by atoms with Crippen LogP contribution in [0, 0.1) is 0 Å². The number of oxime groups is 1. The minimum absolute atomic E-state index is 0.0206. The average molecular weight is 233 g/mol. The van der Waals surface area contributed by atoms with E-state index in [1.165, 1.54) is 4.90 Å². The van der Waals surface area contributed by atoms with E-state index < -0.39 is 6.04 Å². The smallest absolute Gasteiger partial charge is 0.248 e. The zero-order chi connectivity index (χ0) is 12.6. The molecule has 0 saturated carbocycles. The van der Waals surface area contributed by atoms with E-state index >= 15 is 0 Å². The molecule has 0 saturated heterocycles. The number of amides is 1. The molecule has 0 radical (unpaired) electrons. The fraction of sp³-hybridized carbons (Fsp3) is 0.778. The highest BCUT2D eigenvalue weighted by atomic mass is 16.5. The molecule has 7 nitrogen and oxygen atoms in total. The molecule has 0 aromatic rings. The van der Waals surface area contributed by atoms with Gasteiger partial charge in [0.25, 0.3) is 0 Å². The molecule has 94 valence electrons. The lowest BCUT2D eigenvalue weighted by atomic mass is 10.3. The van der Waals surface area contributed by atoms with Crippen LogP contribution in [0.15, 0.2) is 5.16 Å². The summed E-state index contributed by atoms with van der Waals surface area (Å²) in [7, 11) is 3.11. The van der Waals surface area contributed by atoms with Crippen molar-refractivity contribution < 1.29 is 19.5 Å². The Morgan fingerprint density at radius 1 is 1.56 bits per heavy atom. The third kappa shape index (κ3) is 4.94. The third-order valence-corrected chi connectivity index (χ3v) is 2.18. The van der Waals surface area contributed by atoms with Crippen molar-refractivity contribution in [3.8, 4) is 0 Å².